The van der Waals surface area contributed by atoms with Crippen LogP contribution in [0.4, 0.5) is 0 Å². The van der Waals surface area contributed by atoms with E-state index in [9.17, 15) is 19.5 Å². The minimum Gasteiger partial charge on any atom is -0.480 e. The number of hydrogen-bond donors (Lipinski definition) is 1. The maximum Gasteiger partial charge on any atom is 0.326 e. The molecule has 156 valence electrons. The molecule has 0 radical (unpaired) electrons. The smallest absolute Gasteiger partial charge is 0.326 e. The molecule has 0 aromatic carbocycles. The molecule has 1 heterocycles. The van der Waals surface area contributed by atoms with Crippen molar-refractivity contribution in [2.75, 3.05) is 6.54 Å². The second kappa shape index (κ2) is 12.0. The topological polar surface area (TPSA) is 83.9 Å². The molecule has 1 amide bonds. The van der Waals surface area contributed by atoms with E-state index in [1.807, 2.05) is 6.92 Å². The second-order valence-electron chi connectivity index (χ2n) is 7.92. The van der Waals surface area contributed by atoms with Crippen LogP contribution < -0.4 is 0 Å². The van der Waals surface area contributed by atoms with Crippen LogP contribution in [0.3, 0.4) is 0 Å². The lowest BCUT2D eigenvalue weighted by atomic mass is 9.88. The van der Waals surface area contributed by atoms with E-state index in [0.717, 1.165) is 19.3 Å². The Labute approximate surface area is 163 Å². The number of ether oxygens (including phenoxy) is 1. The van der Waals surface area contributed by atoms with Gasteiger partial charge in [0.05, 0.1) is 5.92 Å². The van der Waals surface area contributed by atoms with Gasteiger partial charge in [0.2, 0.25) is 5.91 Å². The maximum atomic E-state index is 12.9. The Morgan fingerprint density at radius 3 is 2.33 bits per heavy atom. The minimum absolute atomic E-state index is 0.0601. The van der Waals surface area contributed by atoms with Gasteiger partial charge in [-0.3, -0.25) is 9.59 Å². The number of likely N-dealkylation sites (tertiary alicyclic amines) is 1. The number of hydrogen-bond acceptors (Lipinski definition) is 4. The van der Waals surface area contributed by atoms with Crippen molar-refractivity contribution >= 4 is 17.8 Å². The number of carbonyl (C=O) groups excluding carboxylic acids is 2. The van der Waals surface area contributed by atoms with Crippen LogP contribution in [0.5, 0.6) is 0 Å². The van der Waals surface area contributed by atoms with E-state index in [0.29, 0.717) is 19.4 Å². The summed E-state index contributed by atoms with van der Waals surface area (Å²) in [5, 5.41) is 9.33. The fourth-order valence-corrected chi connectivity index (χ4v) is 4.00. The summed E-state index contributed by atoms with van der Waals surface area (Å²) in [7, 11) is 0. The highest BCUT2D eigenvalue weighted by atomic mass is 16.5. The molecule has 6 nitrogen and oxygen atoms in total. The van der Waals surface area contributed by atoms with E-state index in [4.69, 9.17) is 4.74 Å². The third-order valence-electron chi connectivity index (χ3n) is 5.58. The lowest BCUT2D eigenvalue weighted by Gasteiger charge is -2.32. The van der Waals surface area contributed by atoms with Crippen molar-refractivity contribution in [3.05, 3.63) is 0 Å². The summed E-state index contributed by atoms with van der Waals surface area (Å²) in [6.07, 6.45) is 8.69. The number of amides is 1. The number of unbranched alkanes of at least 4 members (excludes halogenated alkanes) is 5. The van der Waals surface area contributed by atoms with E-state index >= 15 is 0 Å². The average Bonchev–Trinajstić information content (AvgIpc) is 3.11. The van der Waals surface area contributed by atoms with E-state index in [2.05, 4.69) is 6.92 Å². The number of carboxylic acids is 1. The SMILES string of the molecule is CCCCCCCCC(C)[C@H](OC(C)=O)[C@H](C)C(=O)N1CCC[C@H]1C(=O)O. The summed E-state index contributed by atoms with van der Waals surface area (Å²) in [6.45, 7) is 7.78. The van der Waals surface area contributed by atoms with Gasteiger partial charge < -0.3 is 14.7 Å². The molecule has 0 bridgehead atoms. The molecule has 27 heavy (non-hydrogen) atoms. The van der Waals surface area contributed by atoms with Gasteiger partial charge in [0, 0.05) is 13.5 Å². The molecular weight excluding hydrogens is 346 g/mol. The Morgan fingerprint density at radius 2 is 1.74 bits per heavy atom. The Kier molecular flexibility index (Phi) is 10.4. The van der Waals surface area contributed by atoms with Gasteiger partial charge in [0.25, 0.3) is 0 Å². The molecule has 0 aliphatic carbocycles. The predicted molar refractivity (Wildman–Crippen MR) is 104 cm³/mol. The first-order valence-electron chi connectivity index (χ1n) is 10.5. The van der Waals surface area contributed by atoms with Crippen molar-refractivity contribution in [1.82, 2.24) is 4.90 Å². The molecule has 0 saturated carbocycles. The van der Waals surface area contributed by atoms with Gasteiger partial charge in [0.15, 0.2) is 0 Å². The molecule has 1 saturated heterocycles. The van der Waals surface area contributed by atoms with E-state index < -0.39 is 30.0 Å². The van der Waals surface area contributed by atoms with Crippen molar-refractivity contribution in [3.63, 3.8) is 0 Å². The van der Waals surface area contributed by atoms with Crippen molar-refractivity contribution in [1.29, 1.82) is 0 Å². The van der Waals surface area contributed by atoms with Crippen molar-refractivity contribution in [2.45, 2.75) is 97.6 Å². The number of carbonyl (C=O) groups is 3. The monoisotopic (exact) mass is 383 g/mol. The van der Waals surface area contributed by atoms with Crippen LogP contribution in [0.15, 0.2) is 0 Å². The third kappa shape index (κ3) is 7.51. The van der Waals surface area contributed by atoms with Crippen molar-refractivity contribution < 1.29 is 24.2 Å². The highest BCUT2D eigenvalue weighted by Crippen LogP contribution is 2.27. The normalized spacial score (nSPS) is 20.1. The molecule has 1 unspecified atom stereocenters. The number of aliphatic carboxylic acids is 1. The largest absolute Gasteiger partial charge is 0.480 e. The maximum absolute atomic E-state index is 12.9. The summed E-state index contributed by atoms with van der Waals surface area (Å²) in [5.74, 6) is -2.06. The van der Waals surface area contributed by atoms with E-state index in [1.54, 1.807) is 6.92 Å². The summed E-state index contributed by atoms with van der Waals surface area (Å²) < 4.78 is 5.51. The van der Waals surface area contributed by atoms with Crippen LogP contribution in [0.2, 0.25) is 0 Å². The van der Waals surface area contributed by atoms with Gasteiger partial charge in [-0.05, 0) is 25.2 Å². The molecule has 0 aromatic heterocycles. The molecule has 1 aliphatic rings. The predicted octanol–water partition coefficient (Wildman–Crippen LogP) is 4.02. The van der Waals surface area contributed by atoms with Gasteiger partial charge in [-0.1, -0.05) is 59.3 Å². The van der Waals surface area contributed by atoms with E-state index in [-0.39, 0.29) is 11.8 Å². The summed E-state index contributed by atoms with van der Waals surface area (Å²) in [4.78, 5) is 37.3. The molecule has 1 aliphatic heterocycles. The van der Waals surface area contributed by atoms with Crippen LogP contribution >= 0.6 is 0 Å². The highest BCUT2D eigenvalue weighted by molar-refractivity contribution is 5.86. The molecular formula is C21H37NO5. The van der Waals surface area contributed by atoms with Crippen LogP contribution in [-0.2, 0) is 19.1 Å². The summed E-state index contributed by atoms with van der Waals surface area (Å²) in [5.41, 5.74) is 0. The minimum atomic E-state index is -0.961. The van der Waals surface area contributed by atoms with E-state index in [1.165, 1.54) is 37.5 Å². The zero-order chi connectivity index (χ0) is 20.4. The first-order chi connectivity index (χ1) is 12.8. The summed E-state index contributed by atoms with van der Waals surface area (Å²) in [6, 6.07) is -0.758. The van der Waals surface area contributed by atoms with Crippen molar-refractivity contribution in [2.24, 2.45) is 11.8 Å². The Bertz CT molecular complexity index is 493. The van der Waals surface area contributed by atoms with Crippen LogP contribution in [0.1, 0.15) is 85.5 Å². The third-order valence-corrected chi connectivity index (χ3v) is 5.58. The van der Waals surface area contributed by atoms with Crippen LogP contribution in [-0.4, -0.2) is 46.5 Å². The quantitative estimate of drug-likeness (QED) is 0.406. The van der Waals surface area contributed by atoms with Gasteiger partial charge in [-0.25, -0.2) is 4.79 Å². The standard InChI is InChI=1S/C21H37NO5/c1-5-6-7-8-9-10-12-15(2)19(27-17(4)23)16(3)20(24)22-14-11-13-18(22)21(25)26/h15-16,18-19H,5-14H2,1-4H3,(H,25,26)/t15?,16-,18-,19-/m0/s1. The number of esters is 1. The average molecular weight is 384 g/mol. The lowest BCUT2D eigenvalue weighted by Crippen LogP contribution is -2.47. The number of rotatable bonds is 12. The van der Waals surface area contributed by atoms with Gasteiger partial charge >= 0.3 is 11.9 Å². The molecule has 1 rings (SSSR count). The molecule has 1 fully saturated rings. The zero-order valence-electron chi connectivity index (χ0n) is 17.4. The zero-order valence-corrected chi connectivity index (χ0v) is 17.4. The summed E-state index contributed by atoms with van der Waals surface area (Å²) >= 11 is 0. The first kappa shape index (κ1) is 23.4. The lowest BCUT2D eigenvalue weighted by molar-refractivity contribution is -0.160. The Morgan fingerprint density at radius 1 is 1.11 bits per heavy atom. The number of nitrogens with zero attached hydrogens (tertiary/aromatic N) is 1. The molecule has 4 atom stereocenters. The molecule has 1 N–H and O–H groups in total. The van der Waals surface area contributed by atoms with Crippen LogP contribution in [0.25, 0.3) is 0 Å². The highest BCUT2D eigenvalue weighted by Gasteiger charge is 2.40. The molecule has 6 heteroatoms. The van der Waals surface area contributed by atoms with Crippen molar-refractivity contribution in [3.8, 4) is 0 Å². The second-order valence-corrected chi connectivity index (χ2v) is 7.92. The van der Waals surface area contributed by atoms with Gasteiger partial charge in [0.1, 0.15) is 12.1 Å². The molecule has 0 spiro atoms. The first-order valence-corrected chi connectivity index (χ1v) is 10.5. The Balaban J connectivity index is 2.66. The van der Waals surface area contributed by atoms with Gasteiger partial charge in [-0.15, -0.1) is 0 Å². The fourth-order valence-electron chi connectivity index (χ4n) is 4.00. The Hall–Kier alpha value is -1.59. The fraction of sp³-hybridized carbons (Fsp3) is 0.857. The van der Waals surface area contributed by atoms with Gasteiger partial charge in [-0.2, -0.15) is 0 Å². The number of carboxylic acid groups (broad SMARTS) is 1. The molecule has 0 aromatic rings. The van der Waals surface area contributed by atoms with Crippen LogP contribution in [0, 0.1) is 11.8 Å².